The lowest BCUT2D eigenvalue weighted by molar-refractivity contribution is -0.137. The Kier molecular flexibility index (Phi) is 5.68. The molecule has 0 spiro atoms. The standard InChI is InChI=1S/C17H17F3N2O2/c1-12-4-2-7-15(10-12)24-9-8-21-16(23)22-14-6-3-5-13(11-14)17(18,19)20/h2-7,10-11H,8-9H2,1H3,(H2,21,22,23). The molecular weight excluding hydrogens is 321 g/mol. The van der Waals surface area contributed by atoms with E-state index < -0.39 is 17.8 Å². The molecule has 0 bridgehead atoms. The van der Waals surface area contributed by atoms with Crippen LogP contribution in [0.3, 0.4) is 0 Å². The van der Waals surface area contributed by atoms with Crippen LogP contribution in [0.4, 0.5) is 23.7 Å². The van der Waals surface area contributed by atoms with Crippen LogP contribution < -0.4 is 15.4 Å². The van der Waals surface area contributed by atoms with Crippen molar-refractivity contribution in [1.82, 2.24) is 5.32 Å². The van der Waals surface area contributed by atoms with Crippen LogP contribution in [0.5, 0.6) is 5.75 Å². The Hall–Kier alpha value is -2.70. The molecular formula is C17H17F3N2O2. The summed E-state index contributed by atoms with van der Waals surface area (Å²) >= 11 is 0. The highest BCUT2D eigenvalue weighted by atomic mass is 19.4. The molecule has 0 heterocycles. The number of alkyl halides is 3. The van der Waals surface area contributed by atoms with Crippen molar-refractivity contribution in [2.24, 2.45) is 0 Å². The van der Waals surface area contributed by atoms with E-state index in [2.05, 4.69) is 10.6 Å². The molecule has 0 aliphatic carbocycles. The van der Waals surface area contributed by atoms with E-state index in [0.29, 0.717) is 5.75 Å². The fourth-order valence-corrected chi connectivity index (χ4v) is 1.99. The Morgan fingerprint density at radius 3 is 2.58 bits per heavy atom. The largest absolute Gasteiger partial charge is 0.492 e. The number of ether oxygens (including phenoxy) is 1. The molecule has 24 heavy (non-hydrogen) atoms. The number of benzene rings is 2. The van der Waals surface area contributed by atoms with Crippen molar-refractivity contribution in [2.45, 2.75) is 13.1 Å². The lowest BCUT2D eigenvalue weighted by Crippen LogP contribution is -2.32. The number of hydrogen-bond donors (Lipinski definition) is 2. The minimum absolute atomic E-state index is 0.0712. The summed E-state index contributed by atoms with van der Waals surface area (Å²) in [4.78, 5) is 11.7. The second kappa shape index (κ2) is 7.72. The van der Waals surface area contributed by atoms with Gasteiger partial charge in [-0.15, -0.1) is 0 Å². The monoisotopic (exact) mass is 338 g/mol. The lowest BCUT2D eigenvalue weighted by Gasteiger charge is -2.11. The molecule has 2 amide bonds. The molecule has 0 radical (unpaired) electrons. The molecule has 2 aromatic rings. The third-order valence-corrected chi connectivity index (χ3v) is 3.09. The van der Waals surface area contributed by atoms with Gasteiger partial charge < -0.3 is 15.4 Å². The lowest BCUT2D eigenvalue weighted by atomic mass is 10.2. The van der Waals surface area contributed by atoms with Gasteiger partial charge in [0.05, 0.1) is 12.1 Å². The van der Waals surface area contributed by atoms with Crippen LogP contribution in [0, 0.1) is 6.92 Å². The summed E-state index contributed by atoms with van der Waals surface area (Å²) in [5, 5.41) is 4.87. The van der Waals surface area contributed by atoms with E-state index in [4.69, 9.17) is 4.74 Å². The van der Waals surface area contributed by atoms with Gasteiger partial charge in [-0.2, -0.15) is 13.2 Å². The maximum atomic E-state index is 12.6. The van der Waals surface area contributed by atoms with E-state index in [1.165, 1.54) is 12.1 Å². The van der Waals surface area contributed by atoms with Crippen LogP contribution in [0.2, 0.25) is 0 Å². The van der Waals surface area contributed by atoms with Gasteiger partial charge >= 0.3 is 12.2 Å². The quantitative estimate of drug-likeness (QED) is 0.802. The Labute approximate surface area is 137 Å². The highest BCUT2D eigenvalue weighted by molar-refractivity contribution is 5.89. The zero-order valence-corrected chi connectivity index (χ0v) is 13.0. The van der Waals surface area contributed by atoms with E-state index >= 15 is 0 Å². The van der Waals surface area contributed by atoms with Gasteiger partial charge in [-0.3, -0.25) is 0 Å². The van der Waals surface area contributed by atoms with Crippen molar-refractivity contribution in [2.75, 3.05) is 18.5 Å². The summed E-state index contributed by atoms with van der Waals surface area (Å²) in [6, 6.07) is 11.3. The van der Waals surface area contributed by atoms with Crippen molar-refractivity contribution in [3.63, 3.8) is 0 Å². The van der Waals surface area contributed by atoms with E-state index in [1.54, 1.807) is 6.07 Å². The summed E-state index contributed by atoms with van der Waals surface area (Å²) in [5.74, 6) is 0.690. The number of anilines is 1. The second-order valence-corrected chi connectivity index (χ2v) is 5.12. The Morgan fingerprint density at radius 1 is 1.12 bits per heavy atom. The third-order valence-electron chi connectivity index (χ3n) is 3.09. The van der Waals surface area contributed by atoms with Crippen molar-refractivity contribution >= 4 is 11.7 Å². The molecule has 0 aliphatic heterocycles. The van der Waals surface area contributed by atoms with Gasteiger partial charge in [-0.05, 0) is 42.8 Å². The van der Waals surface area contributed by atoms with Crippen LogP contribution in [0.25, 0.3) is 0 Å². The minimum Gasteiger partial charge on any atom is -0.492 e. The Balaban J connectivity index is 1.77. The maximum Gasteiger partial charge on any atom is 0.416 e. The van der Waals surface area contributed by atoms with Crippen LogP contribution >= 0.6 is 0 Å². The van der Waals surface area contributed by atoms with Crippen molar-refractivity contribution < 1.29 is 22.7 Å². The smallest absolute Gasteiger partial charge is 0.416 e. The molecule has 0 fully saturated rings. The molecule has 0 saturated carbocycles. The molecule has 2 N–H and O–H groups in total. The minimum atomic E-state index is -4.45. The SMILES string of the molecule is Cc1cccc(OCCNC(=O)Nc2cccc(C(F)(F)F)c2)c1. The zero-order valence-electron chi connectivity index (χ0n) is 13.0. The molecule has 0 saturated heterocycles. The second-order valence-electron chi connectivity index (χ2n) is 5.12. The average Bonchev–Trinajstić information content (AvgIpc) is 2.51. The maximum absolute atomic E-state index is 12.6. The predicted octanol–water partition coefficient (Wildman–Crippen LogP) is 4.21. The van der Waals surface area contributed by atoms with Crippen LogP contribution in [0.1, 0.15) is 11.1 Å². The number of halogens is 3. The first-order chi connectivity index (χ1) is 11.3. The highest BCUT2D eigenvalue weighted by Crippen LogP contribution is 2.30. The summed E-state index contributed by atoms with van der Waals surface area (Å²) in [5.41, 5.74) is 0.313. The van der Waals surface area contributed by atoms with Gasteiger partial charge in [-0.25, -0.2) is 4.79 Å². The van der Waals surface area contributed by atoms with Crippen LogP contribution in [0.15, 0.2) is 48.5 Å². The first-order valence-electron chi connectivity index (χ1n) is 7.26. The van der Waals surface area contributed by atoms with Gasteiger partial charge in [0.1, 0.15) is 12.4 Å². The fraction of sp³-hybridized carbons (Fsp3) is 0.235. The van der Waals surface area contributed by atoms with Gasteiger partial charge in [-0.1, -0.05) is 18.2 Å². The van der Waals surface area contributed by atoms with Crippen LogP contribution in [-0.2, 0) is 6.18 Å². The topological polar surface area (TPSA) is 50.4 Å². The number of nitrogens with one attached hydrogen (secondary N) is 2. The predicted molar refractivity (Wildman–Crippen MR) is 85.1 cm³/mol. The van der Waals surface area contributed by atoms with E-state index in [0.717, 1.165) is 17.7 Å². The summed E-state index contributed by atoms with van der Waals surface area (Å²) in [6.07, 6.45) is -4.45. The molecule has 4 nitrogen and oxygen atoms in total. The first-order valence-corrected chi connectivity index (χ1v) is 7.26. The van der Waals surface area contributed by atoms with Gasteiger partial charge in [0.25, 0.3) is 0 Å². The molecule has 2 aromatic carbocycles. The number of carbonyl (C=O) groups excluding carboxylic acids is 1. The molecule has 0 atom stereocenters. The van der Waals surface area contributed by atoms with Gasteiger partial charge in [0.2, 0.25) is 0 Å². The van der Waals surface area contributed by atoms with Gasteiger partial charge in [0.15, 0.2) is 0 Å². The normalized spacial score (nSPS) is 11.0. The van der Waals surface area contributed by atoms with E-state index in [1.807, 2.05) is 25.1 Å². The van der Waals surface area contributed by atoms with Crippen LogP contribution in [-0.4, -0.2) is 19.2 Å². The number of amides is 2. The fourth-order valence-electron chi connectivity index (χ4n) is 1.99. The van der Waals surface area contributed by atoms with Crippen molar-refractivity contribution in [1.29, 1.82) is 0 Å². The van der Waals surface area contributed by atoms with E-state index in [9.17, 15) is 18.0 Å². The number of hydrogen-bond acceptors (Lipinski definition) is 2. The molecule has 0 aliphatic rings. The molecule has 0 unspecified atom stereocenters. The number of rotatable bonds is 5. The summed E-state index contributed by atoms with van der Waals surface area (Å²) in [6.45, 7) is 2.41. The Bertz CT molecular complexity index is 702. The third kappa shape index (κ3) is 5.49. The highest BCUT2D eigenvalue weighted by Gasteiger charge is 2.30. The summed E-state index contributed by atoms with van der Waals surface area (Å²) in [7, 11) is 0. The van der Waals surface area contributed by atoms with Gasteiger partial charge in [0, 0.05) is 5.69 Å². The first kappa shape index (κ1) is 17.7. The average molecular weight is 338 g/mol. The molecule has 2 rings (SSSR count). The van der Waals surface area contributed by atoms with E-state index in [-0.39, 0.29) is 18.8 Å². The summed E-state index contributed by atoms with van der Waals surface area (Å²) < 4.78 is 43.3. The molecule has 7 heteroatoms. The number of urea groups is 1. The Morgan fingerprint density at radius 2 is 1.88 bits per heavy atom. The zero-order chi connectivity index (χ0) is 17.6. The number of aryl methyl sites for hydroxylation is 1. The number of carbonyl (C=O) groups is 1. The molecule has 0 aromatic heterocycles. The molecule has 128 valence electrons. The van der Waals surface area contributed by atoms with Crippen molar-refractivity contribution in [3.8, 4) is 5.75 Å². The van der Waals surface area contributed by atoms with Crippen molar-refractivity contribution in [3.05, 3.63) is 59.7 Å².